The largest absolute Gasteiger partial charge is 0.206 e. The number of hydrogen-bond donors (Lipinski definition) is 0. The van der Waals surface area contributed by atoms with Crippen molar-refractivity contribution in [2.24, 2.45) is 0 Å². The summed E-state index contributed by atoms with van der Waals surface area (Å²) in [6.07, 6.45) is 0. The molecule has 0 spiro atoms. The van der Waals surface area contributed by atoms with Crippen LogP contribution in [-0.2, 0) is 5.41 Å². The second-order valence-corrected chi connectivity index (χ2v) is 5.14. The molecular formula is C11H14BrF. The average Bonchev–Trinajstić information content (AvgIpc) is 1.98. The first-order chi connectivity index (χ1) is 5.84. The highest BCUT2D eigenvalue weighted by Gasteiger charge is 2.20. The molecule has 0 aliphatic heterocycles. The van der Waals surface area contributed by atoms with Gasteiger partial charge in [0.25, 0.3) is 0 Å². The van der Waals surface area contributed by atoms with E-state index in [1.165, 1.54) is 0 Å². The Morgan fingerprint density at radius 3 is 2.23 bits per heavy atom. The van der Waals surface area contributed by atoms with Crippen molar-refractivity contribution >= 4 is 15.9 Å². The van der Waals surface area contributed by atoms with Crippen LogP contribution in [0.5, 0.6) is 0 Å². The molecule has 0 heterocycles. The van der Waals surface area contributed by atoms with Crippen molar-refractivity contribution in [2.75, 3.05) is 0 Å². The summed E-state index contributed by atoms with van der Waals surface area (Å²) in [5.74, 6) is -0.0955. The topological polar surface area (TPSA) is 0 Å². The van der Waals surface area contributed by atoms with E-state index in [0.29, 0.717) is 5.56 Å². The van der Waals surface area contributed by atoms with E-state index in [1.807, 2.05) is 32.9 Å². The number of benzene rings is 1. The van der Waals surface area contributed by atoms with E-state index in [1.54, 1.807) is 6.92 Å². The van der Waals surface area contributed by atoms with Crippen LogP contribution in [0.4, 0.5) is 4.39 Å². The van der Waals surface area contributed by atoms with E-state index in [2.05, 4.69) is 15.9 Å². The van der Waals surface area contributed by atoms with Gasteiger partial charge in [-0.05, 0) is 29.5 Å². The van der Waals surface area contributed by atoms with Crippen LogP contribution in [0.25, 0.3) is 0 Å². The maximum Gasteiger partial charge on any atom is 0.130 e. The molecule has 0 atom stereocenters. The predicted octanol–water partition coefficient (Wildman–Crippen LogP) is 4.19. The highest BCUT2D eigenvalue weighted by molar-refractivity contribution is 9.10. The molecule has 0 aromatic heterocycles. The lowest BCUT2D eigenvalue weighted by atomic mass is 9.86. The van der Waals surface area contributed by atoms with E-state index in [4.69, 9.17) is 0 Å². The first-order valence-electron chi connectivity index (χ1n) is 4.29. The quantitative estimate of drug-likeness (QED) is 0.642. The average molecular weight is 245 g/mol. The highest BCUT2D eigenvalue weighted by Crippen LogP contribution is 2.29. The summed E-state index contributed by atoms with van der Waals surface area (Å²) in [7, 11) is 0. The third kappa shape index (κ3) is 2.11. The van der Waals surface area contributed by atoms with E-state index >= 15 is 0 Å². The van der Waals surface area contributed by atoms with Gasteiger partial charge in [-0.3, -0.25) is 0 Å². The number of halogens is 2. The molecular weight excluding hydrogens is 231 g/mol. The summed E-state index contributed by atoms with van der Waals surface area (Å²) in [6.45, 7) is 7.82. The van der Waals surface area contributed by atoms with Crippen molar-refractivity contribution in [3.05, 3.63) is 33.5 Å². The summed E-state index contributed by atoms with van der Waals surface area (Å²) in [4.78, 5) is 0. The van der Waals surface area contributed by atoms with Crippen molar-refractivity contribution in [1.82, 2.24) is 0 Å². The molecule has 0 radical (unpaired) electrons. The Balaban J connectivity index is 3.35. The van der Waals surface area contributed by atoms with Crippen molar-refractivity contribution in [3.63, 3.8) is 0 Å². The minimum Gasteiger partial charge on any atom is -0.206 e. The second kappa shape index (κ2) is 3.41. The summed E-state index contributed by atoms with van der Waals surface area (Å²) >= 11 is 3.31. The highest BCUT2D eigenvalue weighted by atomic mass is 79.9. The zero-order valence-electron chi connectivity index (χ0n) is 8.41. The van der Waals surface area contributed by atoms with Crippen LogP contribution in [0.2, 0.25) is 0 Å². The standard InChI is InChI=1S/C11H14BrF/c1-7-9(12)6-5-8(10(7)13)11(2,3)4/h5-6H,1-4H3. The van der Waals surface area contributed by atoms with Gasteiger partial charge in [0.1, 0.15) is 5.82 Å². The smallest absolute Gasteiger partial charge is 0.130 e. The fraction of sp³-hybridized carbons (Fsp3) is 0.455. The fourth-order valence-corrected chi connectivity index (χ4v) is 1.55. The molecule has 0 saturated heterocycles. The third-order valence-corrected chi connectivity index (χ3v) is 2.99. The van der Waals surface area contributed by atoms with Crippen molar-refractivity contribution in [3.8, 4) is 0 Å². The normalized spacial score (nSPS) is 11.8. The van der Waals surface area contributed by atoms with Gasteiger partial charge in [-0.1, -0.05) is 42.8 Å². The molecule has 1 rings (SSSR count). The van der Waals surface area contributed by atoms with Crippen LogP contribution in [0, 0.1) is 12.7 Å². The summed E-state index contributed by atoms with van der Waals surface area (Å²) in [6, 6.07) is 3.74. The Morgan fingerprint density at radius 2 is 1.77 bits per heavy atom. The first kappa shape index (κ1) is 10.7. The SMILES string of the molecule is Cc1c(Br)ccc(C(C)(C)C)c1F. The van der Waals surface area contributed by atoms with E-state index in [-0.39, 0.29) is 11.2 Å². The monoisotopic (exact) mass is 244 g/mol. The molecule has 13 heavy (non-hydrogen) atoms. The second-order valence-electron chi connectivity index (χ2n) is 4.28. The lowest BCUT2D eigenvalue weighted by Crippen LogP contribution is -2.14. The molecule has 1 aromatic rings. The zero-order valence-corrected chi connectivity index (χ0v) is 10.00. The van der Waals surface area contributed by atoms with E-state index in [9.17, 15) is 4.39 Å². The van der Waals surface area contributed by atoms with Gasteiger partial charge < -0.3 is 0 Å². The maximum absolute atomic E-state index is 13.7. The van der Waals surface area contributed by atoms with Gasteiger partial charge in [-0.15, -0.1) is 0 Å². The molecule has 1 aromatic carbocycles. The van der Waals surface area contributed by atoms with Gasteiger partial charge in [-0.2, -0.15) is 0 Å². The summed E-state index contributed by atoms with van der Waals surface area (Å²) in [5, 5.41) is 0. The van der Waals surface area contributed by atoms with E-state index in [0.717, 1.165) is 10.0 Å². The van der Waals surface area contributed by atoms with Crippen molar-refractivity contribution < 1.29 is 4.39 Å². The number of hydrogen-bond acceptors (Lipinski definition) is 0. The van der Waals surface area contributed by atoms with Crippen LogP contribution in [0.15, 0.2) is 16.6 Å². The van der Waals surface area contributed by atoms with Crippen LogP contribution in [0.1, 0.15) is 31.9 Å². The van der Waals surface area contributed by atoms with Gasteiger partial charge >= 0.3 is 0 Å². The van der Waals surface area contributed by atoms with Crippen molar-refractivity contribution in [2.45, 2.75) is 33.1 Å². The Morgan fingerprint density at radius 1 is 1.23 bits per heavy atom. The predicted molar refractivity (Wildman–Crippen MR) is 57.5 cm³/mol. The lowest BCUT2D eigenvalue weighted by Gasteiger charge is -2.21. The Kier molecular flexibility index (Phi) is 2.81. The molecule has 0 unspecified atom stereocenters. The molecule has 0 amide bonds. The molecule has 0 bridgehead atoms. The molecule has 72 valence electrons. The van der Waals surface area contributed by atoms with Crippen molar-refractivity contribution in [1.29, 1.82) is 0 Å². The Labute approximate surface area is 87.3 Å². The van der Waals surface area contributed by atoms with Gasteiger partial charge in [0, 0.05) is 4.47 Å². The van der Waals surface area contributed by atoms with E-state index < -0.39 is 0 Å². The molecule has 0 N–H and O–H groups in total. The summed E-state index contributed by atoms with van der Waals surface area (Å²) < 4.78 is 14.6. The molecule has 0 fully saturated rings. The minimum atomic E-state index is -0.129. The lowest BCUT2D eigenvalue weighted by molar-refractivity contribution is 0.518. The summed E-state index contributed by atoms with van der Waals surface area (Å²) in [5.41, 5.74) is 1.33. The van der Waals surface area contributed by atoms with Gasteiger partial charge in [0.15, 0.2) is 0 Å². The fourth-order valence-electron chi connectivity index (χ4n) is 1.24. The van der Waals surface area contributed by atoms with Gasteiger partial charge in [0.2, 0.25) is 0 Å². The molecule has 0 nitrogen and oxygen atoms in total. The van der Waals surface area contributed by atoms with Crippen LogP contribution in [-0.4, -0.2) is 0 Å². The molecule has 0 saturated carbocycles. The minimum absolute atomic E-state index is 0.0955. The third-order valence-electron chi connectivity index (χ3n) is 2.13. The van der Waals surface area contributed by atoms with Crippen LogP contribution in [0.3, 0.4) is 0 Å². The van der Waals surface area contributed by atoms with Crippen LogP contribution >= 0.6 is 15.9 Å². The Hall–Kier alpha value is -0.370. The molecule has 0 aliphatic carbocycles. The molecule has 2 heteroatoms. The maximum atomic E-state index is 13.7. The molecule has 0 aliphatic rings. The zero-order chi connectivity index (χ0) is 10.2. The Bertz CT molecular complexity index is 324. The van der Waals surface area contributed by atoms with Gasteiger partial charge in [0.05, 0.1) is 0 Å². The van der Waals surface area contributed by atoms with Gasteiger partial charge in [-0.25, -0.2) is 4.39 Å². The first-order valence-corrected chi connectivity index (χ1v) is 5.08. The van der Waals surface area contributed by atoms with Crippen LogP contribution < -0.4 is 0 Å². The number of rotatable bonds is 0.